The van der Waals surface area contributed by atoms with Gasteiger partial charge in [-0.25, -0.2) is 8.42 Å². The van der Waals surface area contributed by atoms with Crippen molar-refractivity contribution >= 4 is 43.5 Å². The first-order valence-electron chi connectivity index (χ1n) is 12.3. The summed E-state index contributed by atoms with van der Waals surface area (Å²) in [5, 5.41) is 2.91. The number of aryl methyl sites for hydroxylation is 1. The van der Waals surface area contributed by atoms with E-state index in [9.17, 15) is 18.0 Å². The van der Waals surface area contributed by atoms with E-state index in [2.05, 4.69) is 21.2 Å². The number of hydrogen-bond donors (Lipinski definition) is 1. The molecule has 7 nitrogen and oxygen atoms in total. The Kier molecular flexibility index (Phi) is 11.4. The standard InChI is InChI=1S/C27H38BrN3O4S/c1-6-22-11-15-25(16-12-22)31(36(5,34)35)17-7-8-26(32)30(19-23-9-13-24(28)14-10-23)21(4)27(33)29-18-20(2)3/h9-16,20-21H,6-8,17-19H2,1-5H3,(H,29,33)/t21-/m0/s1. The Labute approximate surface area is 224 Å². The SMILES string of the molecule is CCc1ccc(N(CCCC(=O)N(Cc2ccc(Br)cc2)[C@@H](C)C(=O)NCC(C)C)S(C)(=O)=O)cc1. The van der Waals surface area contributed by atoms with Gasteiger partial charge in [0.2, 0.25) is 21.8 Å². The third-order valence-corrected chi connectivity index (χ3v) is 7.63. The number of benzene rings is 2. The van der Waals surface area contributed by atoms with E-state index in [1.807, 2.05) is 57.2 Å². The normalized spacial score (nSPS) is 12.3. The molecule has 2 aromatic rings. The van der Waals surface area contributed by atoms with Crippen LogP contribution in [0.1, 0.15) is 51.7 Å². The molecule has 0 heterocycles. The summed E-state index contributed by atoms with van der Waals surface area (Å²) >= 11 is 3.42. The zero-order chi connectivity index (χ0) is 26.9. The van der Waals surface area contributed by atoms with E-state index in [1.54, 1.807) is 24.0 Å². The molecule has 2 aromatic carbocycles. The summed E-state index contributed by atoms with van der Waals surface area (Å²) in [4.78, 5) is 27.7. The van der Waals surface area contributed by atoms with Crippen LogP contribution >= 0.6 is 15.9 Å². The van der Waals surface area contributed by atoms with Gasteiger partial charge in [-0.05, 0) is 61.1 Å². The quantitative estimate of drug-likeness (QED) is 0.371. The van der Waals surface area contributed by atoms with Crippen molar-refractivity contribution in [3.63, 3.8) is 0 Å². The van der Waals surface area contributed by atoms with Crippen molar-refractivity contribution in [1.82, 2.24) is 10.2 Å². The predicted octanol–water partition coefficient (Wildman–Crippen LogP) is 4.75. The number of amides is 2. The Bertz CT molecular complexity index is 1100. The molecule has 2 rings (SSSR count). The van der Waals surface area contributed by atoms with Gasteiger partial charge in [0, 0.05) is 30.5 Å². The molecular weight excluding hydrogens is 542 g/mol. The minimum Gasteiger partial charge on any atom is -0.354 e. The Balaban J connectivity index is 2.14. The lowest BCUT2D eigenvalue weighted by molar-refractivity contribution is -0.140. The molecular formula is C27H38BrN3O4S. The highest BCUT2D eigenvalue weighted by Gasteiger charge is 2.26. The van der Waals surface area contributed by atoms with Gasteiger partial charge in [-0.15, -0.1) is 0 Å². The fourth-order valence-corrected chi connectivity index (χ4v) is 4.95. The number of halogens is 1. The van der Waals surface area contributed by atoms with E-state index < -0.39 is 16.1 Å². The highest BCUT2D eigenvalue weighted by Crippen LogP contribution is 2.20. The van der Waals surface area contributed by atoms with Crippen molar-refractivity contribution in [1.29, 1.82) is 0 Å². The Morgan fingerprint density at radius 1 is 0.972 bits per heavy atom. The second kappa shape index (κ2) is 13.8. The van der Waals surface area contributed by atoms with Crippen molar-refractivity contribution in [2.45, 2.75) is 59.5 Å². The molecule has 198 valence electrons. The van der Waals surface area contributed by atoms with Crippen LogP contribution in [-0.4, -0.2) is 50.5 Å². The van der Waals surface area contributed by atoms with Gasteiger partial charge in [0.05, 0.1) is 11.9 Å². The van der Waals surface area contributed by atoms with E-state index in [0.29, 0.717) is 24.6 Å². The summed E-state index contributed by atoms with van der Waals surface area (Å²) < 4.78 is 27.2. The minimum atomic E-state index is -3.51. The molecule has 36 heavy (non-hydrogen) atoms. The molecule has 0 saturated heterocycles. The first-order chi connectivity index (χ1) is 16.9. The number of carbonyl (C=O) groups excluding carboxylic acids is 2. The van der Waals surface area contributed by atoms with Crippen molar-refractivity contribution in [2.75, 3.05) is 23.7 Å². The number of nitrogens with one attached hydrogen (secondary N) is 1. The van der Waals surface area contributed by atoms with E-state index in [0.717, 1.165) is 22.0 Å². The summed E-state index contributed by atoms with van der Waals surface area (Å²) in [7, 11) is -3.51. The van der Waals surface area contributed by atoms with Crippen LogP contribution in [-0.2, 0) is 32.6 Å². The van der Waals surface area contributed by atoms with Gasteiger partial charge in [0.25, 0.3) is 0 Å². The molecule has 1 N–H and O–H groups in total. The maximum absolute atomic E-state index is 13.3. The number of hydrogen-bond acceptors (Lipinski definition) is 4. The average Bonchev–Trinajstić information content (AvgIpc) is 2.83. The number of rotatable bonds is 13. The van der Waals surface area contributed by atoms with Crippen molar-refractivity contribution in [3.8, 4) is 0 Å². The molecule has 1 atom stereocenters. The molecule has 0 fully saturated rings. The Hall–Kier alpha value is -2.39. The smallest absolute Gasteiger partial charge is 0.242 e. The molecule has 0 radical (unpaired) electrons. The van der Waals surface area contributed by atoms with Crippen LogP contribution in [0.3, 0.4) is 0 Å². The van der Waals surface area contributed by atoms with Crippen molar-refractivity contribution < 1.29 is 18.0 Å². The minimum absolute atomic E-state index is 0.122. The fraction of sp³-hybridized carbons (Fsp3) is 0.481. The lowest BCUT2D eigenvalue weighted by atomic mass is 10.1. The van der Waals surface area contributed by atoms with E-state index in [1.165, 1.54) is 10.6 Å². The van der Waals surface area contributed by atoms with Crippen molar-refractivity contribution in [2.24, 2.45) is 5.92 Å². The van der Waals surface area contributed by atoms with Gasteiger partial charge in [-0.1, -0.05) is 61.0 Å². The number of sulfonamides is 1. The second-order valence-corrected chi connectivity index (χ2v) is 12.2. The van der Waals surface area contributed by atoms with E-state index in [4.69, 9.17) is 0 Å². The molecule has 0 aliphatic carbocycles. The first-order valence-corrected chi connectivity index (χ1v) is 14.9. The zero-order valence-electron chi connectivity index (χ0n) is 21.8. The molecule has 0 saturated carbocycles. The average molecular weight is 581 g/mol. The monoisotopic (exact) mass is 579 g/mol. The van der Waals surface area contributed by atoms with Crippen LogP contribution in [0.2, 0.25) is 0 Å². The molecule has 2 amide bonds. The molecule has 0 spiro atoms. The van der Waals surface area contributed by atoms with E-state index >= 15 is 0 Å². The highest BCUT2D eigenvalue weighted by atomic mass is 79.9. The lowest BCUT2D eigenvalue weighted by Crippen LogP contribution is -2.48. The molecule has 0 unspecified atom stereocenters. The van der Waals surface area contributed by atoms with Gasteiger partial charge in [0.1, 0.15) is 6.04 Å². The third-order valence-electron chi connectivity index (χ3n) is 5.90. The van der Waals surface area contributed by atoms with Crippen molar-refractivity contribution in [3.05, 3.63) is 64.1 Å². The highest BCUT2D eigenvalue weighted by molar-refractivity contribution is 9.10. The van der Waals surface area contributed by atoms with Gasteiger partial charge >= 0.3 is 0 Å². The number of nitrogens with zero attached hydrogens (tertiary/aromatic N) is 2. The number of carbonyl (C=O) groups is 2. The van der Waals surface area contributed by atoms with Gasteiger partial charge < -0.3 is 10.2 Å². The second-order valence-electron chi connectivity index (χ2n) is 9.42. The van der Waals surface area contributed by atoms with Gasteiger partial charge in [-0.2, -0.15) is 0 Å². The summed E-state index contributed by atoms with van der Waals surface area (Å²) in [6.45, 7) is 8.79. The number of anilines is 1. The molecule has 0 aliphatic heterocycles. The third kappa shape index (κ3) is 9.24. The molecule has 0 aliphatic rings. The zero-order valence-corrected chi connectivity index (χ0v) is 24.2. The Morgan fingerprint density at radius 3 is 2.08 bits per heavy atom. The first kappa shape index (κ1) is 29.8. The van der Waals surface area contributed by atoms with Crippen LogP contribution in [0.25, 0.3) is 0 Å². The van der Waals surface area contributed by atoms with Crippen LogP contribution in [0.4, 0.5) is 5.69 Å². The van der Waals surface area contributed by atoms with E-state index in [-0.39, 0.29) is 31.3 Å². The molecule has 0 bridgehead atoms. The lowest BCUT2D eigenvalue weighted by Gasteiger charge is -2.29. The summed E-state index contributed by atoms with van der Waals surface area (Å²) in [5.74, 6) is -0.104. The largest absolute Gasteiger partial charge is 0.354 e. The fourth-order valence-electron chi connectivity index (χ4n) is 3.72. The maximum atomic E-state index is 13.3. The van der Waals surface area contributed by atoms with Crippen LogP contribution < -0.4 is 9.62 Å². The summed E-state index contributed by atoms with van der Waals surface area (Å²) in [5.41, 5.74) is 2.61. The maximum Gasteiger partial charge on any atom is 0.242 e. The Morgan fingerprint density at radius 2 is 1.56 bits per heavy atom. The van der Waals surface area contributed by atoms with Gasteiger partial charge in [0.15, 0.2) is 0 Å². The van der Waals surface area contributed by atoms with Crippen LogP contribution in [0, 0.1) is 5.92 Å². The summed E-state index contributed by atoms with van der Waals surface area (Å²) in [6.07, 6.45) is 2.49. The molecule has 9 heteroatoms. The predicted molar refractivity (Wildman–Crippen MR) is 149 cm³/mol. The van der Waals surface area contributed by atoms with Gasteiger partial charge in [-0.3, -0.25) is 13.9 Å². The van der Waals surface area contributed by atoms with Crippen LogP contribution in [0.15, 0.2) is 53.0 Å². The van der Waals surface area contributed by atoms with Crippen LogP contribution in [0.5, 0.6) is 0 Å². The topological polar surface area (TPSA) is 86.8 Å². The molecule has 0 aromatic heterocycles. The summed E-state index contributed by atoms with van der Waals surface area (Å²) in [6, 6.07) is 14.4.